The highest BCUT2D eigenvalue weighted by Crippen LogP contribution is 2.24. The van der Waals surface area contributed by atoms with Crippen molar-refractivity contribution >= 4 is 22.7 Å². The number of carbonyl (C=O) groups is 1. The number of Topliss-reactive ketones (excluding diaryl/α,β-unsaturated/α-hetero) is 1. The van der Waals surface area contributed by atoms with Crippen LogP contribution in [0, 0.1) is 5.82 Å². The number of thiophene rings is 1. The number of benzene rings is 1. The largest absolute Gasteiger partial charge is 0.383 e. The molecule has 0 N–H and O–H groups in total. The molecular formula is C15H14FNOS. The van der Waals surface area contributed by atoms with Gasteiger partial charge in [-0.25, -0.2) is 4.39 Å². The molecule has 0 aliphatic rings. The summed E-state index contributed by atoms with van der Waals surface area (Å²) in [6.07, 6.45) is 1.79. The first-order valence-electron chi connectivity index (χ1n) is 5.80. The minimum Gasteiger partial charge on any atom is -0.383 e. The van der Waals surface area contributed by atoms with Crippen molar-refractivity contribution in [2.24, 2.45) is 0 Å². The summed E-state index contributed by atoms with van der Waals surface area (Å²) in [6.45, 7) is 0. The van der Waals surface area contributed by atoms with E-state index in [0.717, 1.165) is 4.88 Å². The van der Waals surface area contributed by atoms with Crippen LogP contribution in [0.2, 0.25) is 0 Å². The van der Waals surface area contributed by atoms with Crippen LogP contribution in [0.3, 0.4) is 0 Å². The van der Waals surface area contributed by atoms with Crippen LogP contribution in [-0.2, 0) is 0 Å². The number of nitrogens with zero attached hydrogens (tertiary/aromatic N) is 1. The van der Waals surface area contributed by atoms with Crippen molar-refractivity contribution in [2.75, 3.05) is 14.1 Å². The molecule has 2 aromatic rings. The molecular weight excluding hydrogens is 261 g/mol. The molecule has 0 saturated carbocycles. The average molecular weight is 275 g/mol. The van der Waals surface area contributed by atoms with Crippen LogP contribution >= 0.6 is 11.3 Å². The Morgan fingerprint density at radius 1 is 1.21 bits per heavy atom. The summed E-state index contributed by atoms with van der Waals surface area (Å²) in [5, 5.41) is 1.93. The number of hydrogen-bond donors (Lipinski definition) is 0. The number of allylic oxidation sites excluding steroid dienone is 1. The van der Waals surface area contributed by atoms with Gasteiger partial charge in [0.25, 0.3) is 0 Å². The molecule has 0 spiro atoms. The van der Waals surface area contributed by atoms with Gasteiger partial charge in [0, 0.05) is 30.7 Å². The minimum absolute atomic E-state index is 0.101. The summed E-state index contributed by atoms with van der Waals surface area (Å²) in [5.41, 5.74) is 1.11. The highest BCUT2D eigenvalue weighted by atomic mass is 32.1. The van der Waals surface area contributed by atoms with E-state index in [0.29, 0.717) is 11.1 Å². The fraction of sp³-hybridized carbons (Fsp3) is 0.133. The van der Waals surface area contributed by atoms with Crippen LogP contribution in [-0.4, -0.2) is 24.8 Å². The second-order valence-electron chi connectivity index (χ2n) is 4.32. The Bertz CT molecular complexity index is 585. The van der Waals surface area contributed by atoms with Crippen LogP contribution in [0.1, 0.15) is 15.2 Å². The molecule has 4 heteroatoms. The van der Waals surface area contributed by atoms with Crippen molar-refractivity contribution in [1.29, 1.82) is 0 Å². The van der Waals surface area contributed by atoms with Crippen molar-refractivity contribution < 1.29 is 9.18 Å². The molecule has 0 saturated heterocycles. The maximum Gasteiger partial charge on any atom is 0.195 e. The van der Waals surface area contributed by atoms with Gasteiger partial charge in [0.15, 0.2) is 5.78 Å². The Kier molecular flexibility index (Phi) is 4.12. The lowest BCUT2D eigenvalue weighted by Crippen LogP contribution is -2.08. The quantitative estimate of drug-likeness (QED) is 0.627. The molecule has 0 atom stereocenters. The van der Waals surface area contributed by atoms with Crippen LogP contribution in [0.4, 0.5) is 4.39 Å². The summed E-state index contributed by atoms with van der Waals surface area (Å²) >= 11 is 1.51. The third-order valence-electron chi connectivity index (χ3n) is 2.52. The molecule has 1 aromatic carbocycles. The van der Waals surface area contributed by atoms with Gasteiger partial charge >= 0.3 is 0 Å². The smallest absolute Gasteiger partial charge is 0.195 e. The zero-order valence-corrected chi connectivity index (χ0v) is 11.6. The first-order valence-corrected chi connectivity index (χ1v) is 6.68. The van der Waals surface area contributed by atoms with E-state index in [9.17, 15) is 9.18 Å². The van der Waals surface area contributed by atoms with E-state index in [1.807, 2.05) is 36.5 Å². The van der Waals surface area contributed by atoms with Gasteiger partial charge in [0.1, 0.15) is 5.82 Å². The van der Waals surface area contributed by atoms with Crippen molar-refractivity contribution in [1.82, 2.24) is 4.90 Å². The third-order valence-corrected chi connectivity index (χ3v) is 3.43. The SMILES string of the molecule is CN(C)/C=C(\C(=O)c1ccc(F)cc1)c1cccs1. The maximum absolute atomic E-state index is 12.9. The lowest BCUT2D eigenvalue weighted by atomic mass is 10.0. The van der Waals surface area contributed by atoms with Crippen molar-refractivity contribution in [3.8, 4) is 0 Å². The topological polar surface area (TPSA) is 20.3 Å². The monoisotopic (exact) mass is 275 g/mol. The standard InChI is InChI=1S/C15H14FNOS/c1-17(2)10-13(14-4-3-9-19-14)15(18)11-5-7-12(16)8-6-11/h3-10H,1-2H3/b13-10-. The molecule has 1 heterocycles. The van der Waals surface area contributed by atoms with E-state index in [2.05, 4.69) is 0 Å². The second-order valence-corrected chi connectivity index (χ2v) is 5.27. The molecule has 0 aliphatic heterocycles. The first-order chi connectivity index (χ1) is 9.08. The Hall–Kier alpha value is -1.94. The summed E-state index contributed by atoms with van der Waals surface area (Å²) in [5.74, 6) is -0.443. The molecule has 0 unspecified atom stereocenters. The third kappa shape index (κ3) is 3.29. The summed E-state index contributed by atoms with van der Waals surface area (Å²) in [6, 6.07) is 9.43. The fourth-order valence-corrected chi connectivity index (χ4v) is 2.41. The van der Waals surface area contributed by atoms with Gasteiger partial charge in [-0.15, -0.1) is 11.3 Å². The van der Waals surface area contributed by atoms with E-state index in [4.69, 9.17) is 0 Å². The molecule has 0 radical (unpaired) electrons. The van der Waals surface area contributed by atoms with Gasteiger partial charge < -0.3 is 4.90 Å². The molecule has 19 heavy (non-hydrogen) atoms. The van der Waals surface area contributed by atoms with E-state index in [1.54, 1.807) is 6.20 Å². The number of halogens is 1. The Labute approximate surface area is 115 Å². The molecule has 98 valence electrons. The van der Waals surface area contributed by atoms with Crippen LogP contribution < -0.4 is 0 Å². The number of carbonyl (C=O) groups excluding carboxylic acids is 1. The number of hydrogen-bond acceptors (Lipinski definition) is 3. The van der Waals surface area contributed by atoms with Crippen molar-refractivity contribution in [2.45, 2.75) is 0 Å². The minimum atomic E-state index is -0.342. The van der Waals surface area contributed by atoms with E-state index >= 15 is 0 Å². The number of rotatable bonds is 4. The van der Waals surface area contributed by atoms with Gasteiger partial charge in [-0.1, -0.05) is 6.07 Å². The highest BCUT2D eigenvalue weighted by molar-refractivity contribution is 7.11. The van der Waals surface area contributed by atoms with Crippen LogP contribution in [0.5, 0.6) is 0 Å². The highest BCUT2D eigenvalue weighted by Gasteiger charge is 2.15. The lowest BCUT2D eigenvalue weighted by molar-refractivity contribution is 0.105. The summed E-state index contributed by atoms with van der Waals surface area (Å²) < 4.78 is 12.9. The van der Waals surface area contributed by atoms with Gasteiger partial charge in [0.2, 0.25) is 0 Å². The fourth-order valence-electron chi connectivity index (χ4n) is 1.68. The zero-order valence-electron chi connectivity index (χ0n) is 10.8. The Morgan fingerprint density at radius 2 is 1.89 bits per heavy atom. The van der Waals surface area contributed by atoms with Crippen molar-refractivity contribution in [3.63, 3.8) is 0 Å². The molecule has 0 amide bonds. The van der Waals surface area contributed by atoms with Crippen LogP contribution in [0.15, 0.2) is 48.0 Å². The van der Waals surface area contributed by atoms with Gasteiger partial charge in [-0.2, -0.15) is 0 Å². The molecule has 0 aliphatic carbocycles. The van der Waals surface area contributed by atoms with Gasteiger partial charge in [-0.3, -0.25) is 4.79 Å². The summed E-state index contributed by atoms with van der Waals surface area (Å²) in [4.78, 5) is 15.2. The first kappa shape index (κ1) is 13.5. The average Bonchev–Trinajstić information content (AvgIpc) is 2.89. The second kappa shape index (κ2) is 5.80. The molecule has 0 fully saturated rings. The normalized spacial score (nSPS) is 11.4. The molecule has 1 aromatic heterocycles. The summed E-state index contributed by atoms with van der Waals surface area (Å²) in [7, 11) is 3.73. The predicted molar refractivity (Wildman–Crippen MR) is 76.7 cm³/mol. The molecule has 0 bridgehead atoms. The van der Waals surface area contributed by atoms with Gasteiger partial charge in [0.05, 0.1) is 5.57 Å². The molecule has 2 rings (SSSR count). The Morgan fingerprint density at radius 3 is 2.42 bits per heavy atom. The van der Waals surface area contributed by atoms with E-state index < -0.39 is 0 Å². The maximum atomic E-state index is 12.9. The van der Waals surface area contributed by atoms with Crippen molar-refractivity contribution in [3.05, 3.63) is 64.2 Å². The Balaban J connectivity index is 2.39. The van der Waals surface area contributed by atoms with E-state index in [-0.39, 0.29) is 11.6 Å². The predicted octanol–water partition coefficient (Wildman–Crippen LogP) is 3.67. The zero-order chi connectivity index (χ0) is 13.8. The van der Waals surface area contributed by atoms with E-state index in [1.165, 1.54) is 35.6 Å². The molecule has 2 nitrogen and oxygen atoms in total. The lowest BCUT2D eigenvalue weighted by Gasteiger charge is -2.10. The van der Waals surface area contributed by atoms with Gasteiger partial charge in [-0.05, 0) is 35.7 Å². The number of ketones is 1. The van der Waals surface area contributed by atoms with Crippen LogP contribution in [0.25, 0.3) is 5.57 Å².